The molecule has 0 saturated heterocycles. The molecule has 6 nitrogen and oxygen atoms in total. The van der Waals surface area contributed by atoms with E-state index >= 15 is 0 Å². The quantitative estimate of drug-likeness (QED) is 0.271. The second kappa shape index (κ2) is 11.0. The van der Waals surface area contributed by atoms with Crippen LogP contribution in [0, 0.1) is 11.3 Å². The maximum absolute atomic E-state index is 12.3. The van der Waals surface area contributed by atoms with Crippen LogP contribution in [0.3, 0.4) is 0 Å². The molecule has 1 amide bonds. The molecule has 0 aliphatic heterocycles. The summed E-state index contributed by atoms with van der Waals surface area (Å²) in [5, 5.41) is 0. The predicted molar refractivity (Wildman–Crippen MR) is 142 cm³/mol. The number of hydrogen-bond donors (Lipinski definition) is 2. The van der Waals surface area contributed by atoms with Crippen molar-refractivity contribution in [3.8, 4) is 0 Å². The Hall–Kier alpha value is -2.90. The lowest BCUT2D eigenvalue weighted by molar-refractivity contribution is 0.0729. The Morgan fingerprint density at radius 3 is 2.39 bits per heavy atom. The van der Waals surface area contributed by atoms with Crippen LogP contribution >= 0.6 is 0 Å². The highest BCUT2D eigenvalue weighted by Gasteiger charge is 2.58. The van der Waals surface area contributed by atoms with Crippen molar-refractivity contribution >= 4 is 27.5 Å². The Morgan fingerprint density at radius 2 is 1.75 bits per heavy atom. The standard InChI is InChI=1S/C29H35NO5S/c1-3-4-5-8-17-24-20-25-26(35-28(31)30-36(32,33)34)18-19-29(25,21(2)22-13-9-6-10-14-22)27(24)23-15-11-7-12-16-23/h6-7,9-16,25-26H,2-5,8,17-20H2,1H3,(H,30,31)(H,32,33,34)/t25?,26-,29-/m0/s1. The average Bonchev–Trinajstić information content (AvgIpc) is 3.36. The SMILES string of the molecule is C=C(c1ccccc1)[C@@]12CC[C@H](OC(=O)NS(=O)(=O)O)C1CC(CCCCCC)=C2c1ccccc1. The number of unbranched alkanes of at least 4 members (excludes halogenated alkanes) is 3. The molecule has 0 radical (unpaired) electrons. The van der Waals surface area contributed by atoms with Crippen molar-refractivity contribution in [2.24, 2.45) is 11.3 Å². The number of rotatable bonds is 10. The summed E-state index contributed by atoms with van der Waals surface area (Å²) in [6.07, 6.45) is 6.00. The summed E-state index contributed by atoms with van der Waals surface area (Å²) < 4.78 is 38.6. The summed E-state index contributed by atoms with van der Waals surface area (Å²) in [6, 6.07) is 20.5. The summed E-state index contributed by atoms with van der Waals surface area (Å²) in [4.78, 5) is 12.3. The van der Waals surface area contributed by atoms with Crippen molar-refractivity contribution in [2.45, 2.75) is 64.4 Å². The fraction of sp³-hybridized carbons (Fsp3) is 0.414. The Bertz CT molecular complexity index is 1220. The van der Waals surface area contributed by atoms with Gasteiger partial charge in [-0.15, -0.1) is 0 Å². The van der Waals surface area contributed by atoms with E-state index in [4.69, 9.17) is 9.29 Å². The number of carbonyl (C=O) groups excluding carboxylic acids is 1. The van der Waals surface area contributed by atoms with Gasteiger partial charge in [-0.25, -0.2) is 4.79 Å². The summed E-state index contributed by atoms with van der Waals surface area (Å²) in [5.74, 6) is -0.0752. The van der Waals surface area contributed by atoms with E-state index in [1.54, 1.807) is 0 Å². The molecule has 0 bridgehead atoms. The minimum absolute atomic E-state index is 0.0752. The van der Waals surface area contributed by atoms with E-state index in [0.717, 1.165) is 48.8 Å². The van der Waals surface area contributed by atoms with E-state index < -0.39 is 27.9 Å². The van der Waals surface area contributed by atoms with Crippen molar-refractivity contribution in [3.63, 3.8) is 0 Å². The van der Waals surface area contributed by atoms with Crippen LogP contribution in [0.4, 0.5) is 4.79 Å². The smallest absolute Gasteiger partial charge is 0.422 e. The van der Waals surface area contributed by atoms with Crippen LogP contribution in [0.2, 0.25) is 0 Å². The lowest BCUT2D eigenvalue weighted by atomic mass is 9.66. The number of allylic oxidation sites excluding steroid dienone is 3. The molecule has 1 fully saturated rings. The minimum atomic E-state index is -4.70. The van der Waals surface area contributed by atoms with Crippen LogP contribution < -0.4 is 4.72 Å². The summed E-state index contributed by atoms with van der Waals surface area (Å²) in [6.45, 7) is 6.81. The van der Waals surface area contributed by atoms with Gasteiger partial charge in [0.25, 0.3) is 0 Å². The number of hydrogen-bond acceptors (Lipinski definition) is 4. The first-order chi connectivity index (χ1) is 17.3. The zero-order valence-electron chi connectivity index (χ0n) is 20.8. The van der Waals surface area contributed by atoms with E-state index in [-0.39, 0.29) is 5.92 Å². The highest BCUT2D eigenvalue weighted by atomic mass is 32.2. The summed E-state index contributed by atoms with van der Waals surface area (Å²) in [7, 11) is -4.70. The predicted octanol–water partition coefficient (Wildman–Crippen LogP) is 6.82. The van der Waals surface area contributed by atoms with Crippen LogP contribution in [0.15, 0.2) is 72.8 Å². The zero-order valence-corrected chi connectivity index (χ0v) is 21.6. The number of fused-ring (bicyclic) bond motifs is 1. The van der Waals surface area contributed by atoms with Crippen LogP contribution in [-0.2, 0) is 15.0 Å². The molecule has 2 aromatic rings. The largest absolute Gasteiger partial charge is 0.445 e. The molecule has 4 rings (SSSR count). The Labute approximate surface area is 214 Å². The number of carbonyl (C=O) groups is 1. The third kappa shape index (κ3) is 5.42. The number of amides is 1. The molecule has 2 N–H and O–H groups in total. The van der Waals surface area contributed by atoms with E-state index in [1.165, 1.54) is 28.7 Å². The highest BCUT2D eigenvalue weighted by molar-refractivity contribution is 7.84. The van der Waals surface area contributed by atoms with Crippen LogP contribution in [-0.4, -0.2) is 25.2 Å². The van der Waals surface area contributed by atoms with Gasteiger partial charge in [0.2, 0.25) is 0 Å². The summed E-state index contributed by atoms with van der Waals surface area (Å²) >= 11 is 0. The first-order valence-electron chi connectivity index (χ1n) is 12.7. The molecule has 1 saturated carbocycles. The normalized spacial score (nSPS) is 23.4. The van der Waals surface area contributed by atoms with E-state index in [9.17, 15) is 13.2 Å². The monoisotopic (exact) mass is 509 g/mol. The molecule has 2 aliphatic rings. The highest BCUT2D eigenvalue weighted by Crippen LogP contribution is 2.66. The van der Waals surface area contributed by atoms with Crippen molar-refractivity contribution in [3.05, 3.63) is 83.9 Å². The van der Waals surface area contributed by atoms with Crippen LogP contribution in [0.1, 0.15) is 69.4 Å². The van der Waals surface area contributed by atoms with E-state index in [1.807, 2.05) is 36.4 Å². The Balaban J connectivity index is 1.77. The Kier molecular flexibility index (Phi) is 8.00. The third-order valence-corrected chi connectivity index (χ3v) is 8.12. The second-order valence-corrected chi connectivity index (χ2v) is 11.0. The number of nitrogens with one attached hydrogen (secondary N) is 1. The molecule has 2 aliphatic carbocycles. The fourth-order valence-corrected chi connectivity index (χ4v) is 6.52. The van der Waals surface area contributed by atoms with Crippen molar-refractivity contribution in [1.82, 2.24) is 4.72 Å². The molecule has 36 heavy (non-hydrogen) atoms. The molecule has 3 atom stereocenters. The van der Waals surface area contributed by atoms with Gasteiger partial charge in [0.1, 0.15) is 6.10 Å². The van der Waals surface area contributed by atoms with Crippen molar-refractivity contribution < 1.29 is 22.5 Å². The molecular formula is C29H35NO5S. The number of ether oxygens (including phenoxy) is 1. The molecule has 1 unspecified atom stereocenters. The lowest BCUT2D eigenvalue weighted by Gasteiger charge is -2.37. The topological polar surface area (TPSA) is 92.7 Å². The molecular weight excluding hydrogens is 474 g/mol. The lowest BCUT2D eigenvalue weighted by Crippen LogP contribution is -2.36. The Morgan fingerprint density at radius 1 is 1.08 bits per heavy atom. The van der Waals surface area contributed by atoms with Gasteiger partial charge < -0.3 is 4.74 Å². The third-order valence-electron chi connectivity index (χ3n) is 7.70. The van der Waals surface area contributed by atoms with Gasteiger partial charge in [-0.3, -0.25) is 4.55 Å². The minimum Gasteiger partial charge on any atom is -0.445 e. The van der Waals surface area contributed by atoms with Crippen molar-refractivity contribution in [2.75, 3.05) is 0 Å². The fourth-order valence-electron chi connectivity index (χ4n) is 6.26. The first-order valence-corrected chi connectivity index (χ1v) is 14.2. The van der Waals surface area contributed by atoms with E-state index in [0.29, 0.717) is 6.42 Å². The second-order valence-electron chi connectivity index (χ2n) is 9.84. The maximum atomic E-state index is 12.3. The van der Waals surface area contributed by atoms with Crippen LogP contribution in [0.5, 0.6) is 0 Å². The van der Waals surface area contributed by atoms with Gasteiger partial charge in [0.05, 0.1) is 0 Å². The molecule has 0 spiro atoms. The van der Waals surface area contributed by atoms with Crippen LogP contribution in [0.25, 0.3) is 11.1 Å². The maximum Gasteiger partial charge on any atom is 0.422 e. The van der Waals surface area contributed by atoms with Gasteiger partial charge in [0, 0.05) is 11.3 Å². The van der Waals surface area contributed by atoms with Gasteiger partial charge in [0.15, 0.2) is 0 Å². The van der Waals surface area contributed by atoms with E-state index in [2.05, 4.69) is 37.8 Å². The molecule has 192 valence electrons. The van der Waals surface area contributed by atoms with Crippen molar-refractivity contribution in [1.29, 1.82) is 0 Å². The zero-order chi connectivity index (χ0) is 25.8. The van der Waals surface area contributed by atoms with Gasteiger partial charge in [-0.05, 0) is 54.4 Å². The van der Waals surface area contributed by atoms with Gasteiger partial charge in [-0.2, -0.15) is 13.1 Å². The first kappa shape index (κ1) is 26.2. The number of benzene rings is 2. The van der Waals surface area contributed by atoms with Gasteiger partial charge >= 0.3 is 16.4 Å². The average molecular weight is 510 g/mol. The molecule has 7 heteroatoms. The molecule has 0 heterocycles. The molecule has 0 aromatic heterocycles. The molecule has 2 aromatic carbocycles. The van der Waals surface area contributed by atoms with Gasteiger partial charge in [-0.1, -0.05) is 99.0 Å². The summed E-state index contributed by atoms with van der Waals surface area (Å²) in [5.41, 5.74) is 5.41.